The number of carbonyl (C=O) groups excluding carboxylic acids is 1. The summed E-state index contributed by atoms with van der Waals surface area (Å²) in [6.07, 6.45) is 3.24. The highest BCUT2D eigenvalue weighted by atomic mass is 35.5. The van der Waals surface area contributed by atoms with Gasteiger partial charge in [0.1, 0.15) is 0 Å². The molecule has 22 heavy (non-hydrogen) atoms. The van der Waals surface area contributed by atoms with Gasteiger partial charge in [0.15, 0.2) is 0 Å². The Kier molecular flexibility index (Phi) is 10.4. The van der Waals surface area contributed by atoms with Crippen LogP contribution in [0.2, 0.25) is 0 Å². The molecule has 1 saturated heterocycles. The van der Waals surface area contributed by atoms with Crippen LogP contribution in [0.4, 0.5) is 0 Å². The minimum Gasteiger partial charge on any atom is -0.351 e. The predicted octanol–water partition coefficient (Wildman–Crippen LogP) is 2.35. The van der Waals surface area contributed by atoms with Gasteiger partial charge in [0.25, 0.3) is 0 Å². The van der Waals surface area contributed by atoms with Crippen molar-refractivity contribution in [1.29, 1.82) is 0 Å². The molecule has 6 heteroatoms. The van der Waals surface area contributed by atoms with Crippen molar-refractivity contribution in [2.75, 3.05) is 13.1 Å². The number of hydrogen-bond donors (Lipinski definition) is 2. The minimum absolute atomic E-state index is 0. The van der Waals surface area contributed by atoms with Gasteiger partial charge in [-0.1, -0.05) is 36.8 Å². The van der Waals surface area contributed by atoms with Gasteiger partial charge >= 0.3 is 0 Å². The van der Waals surface area contributed by atoms with E-state index in [4.69, 9.17) is 5.73 Å². The van der Waals surface area contributed by atoms with Crippen LogP contribution in [0.5, 0.6) is 0 Å². The molecule has 1 aromatic rings. The van der Waals surface area contributed by atoms with E-state index in [9.17, 15) is 4.79 Å². The number of hydrogen-bond acceptors (Lipinski definition) is 3. The maximum Gasteiger partial charge on any atom is 0.237 e. The van der Waals surface area contributed by atoms with Crippen LogP contribution >= 0.6 is 24.8 Å². The number of rotatable bonds is 5. The normalized spacial score (nSPS) is 19.5. The molecule has 1 unspecified atom stereocenters. The molecule has 0 saturated carbocycles. The van der Waals surface area contributed by atoms with Crippen molar-refractivity contribution >= 4 is 30.7 Å². The lowest BCUT2D eigenvalue weighted by atomic mass is 10.00. The summed E-state index contributed by atoms with van der Waals surface area (Å²) in [5, 5.41) is 3.01. The van der Waals surface area contributed by atoms with E-state index in [-0.39, 0.29) is 42.8 Å². The summed E-state index contributed by atoms with van der Waals surface area (Å²) in [5.74, 6) is 0.124. The number of benzene rings is 1. The summed E-state index contributed by atoms with van der Waals surface area (Å²) in [5.41, 5.74) is 6.84. The number of nitrogens with zero attached hydrogens (tertiary/aromatic N) is 1. The molecule has 4 nitrogen and oxygen atoms in total. The van der Waals surface area contributed by atoms with E-state index < -0.39 is 0 Å². The summed E-state index contributed by atoms with van der Waals surface area (Å²) in [6.45, 7) is 4.26. The number of piperidine rings is 1. The van der Waals surface area contributed by atoms with Gasteiger partial charge in [0.05, 0.1) is 6.04 Å². The Balaban J connectivity index is 0.00000220. The molecule has 1 aliphatic heterocycles. The molecule has 0 aliphatic carbocycles. The lowest BCUT2D eigenvalue weighted by Crippen LogP contribution is -2.52. The highest BCUT2D eigenvalue weighted by Crippen LogP contribution is 2.20. The molecule has 0 radical (unpaired) electrons. The summed E-state index contributed by atoms with van der Waals surface area (Å²) < 4.78 is 0. The number of nitrogens with two attached hydrogens (primary N) is 1. The van der Waals surface area contributed by atoms with E-state index in [1.54, 1.807) is 0 Å². The number of halogens is 2. The Labute approximate surface area is 145 Å². The quantitative estimate of drug-likeness (QED) is 0.859. The van der Waals surface area contributed by atoms with Gasteiger partial charge in [-0.15, -0.1) is 24.8 Å². The fraction of sp³-hybridized carbons (Fsp3) is 0.562. The van der Waals surface area contributed by atoms with Crippen molar-refractivity contribution < 1.29 is 4.79 Å². The van der Waals surface area contributed by atoms with Gasteiger partial charge < -0.3 is 11.1 Å². The van der Waals surface area contributed by atoms with Crippen LogP contribution in [0.15, 0.2) is 30.3 Å². The lowest BCUT2D eigenvalue weighted by molar-refractivity contribution is -0.128. The molecule has 1 heterocycles. The van der Waals surface area contributed by atoms with Gasteiger partial charge in [0.2, 0.25) is 5.91 Å². The minimum atomic E-state index is -0.0158. The smallest absolute Gasteiger partial charge is 0.237 e. The average molecular weight is 348 g/mol. The number of likely N-dealkylation sites (tertiary alicyclic amines) is 1. The van der Waals surface area contributed by atoms with Crippen LogP contribution in [0, 0.1) is 0 Å². The molecule has 0 bridgehead atoms. The van der Waals surface area contributed by atoms with Crippen LogP contribution in [0.1, 0.15) is 31.7 Å². The van der Waals surface area contributed by atoms with Crippen LogP contribution in [-0.4, -0.2) is 36.0 Å². The third-order valence-electron chi connectivity index (χ3n) is 3.89. The van der Waals surface area contributed by atoms with Gasteiger partial charge in [-0.25, -0.2) is 0 Å². The average Bonchev–Trinajstić information content (AvgIpc) is 2.48. The van der Waals surface area contributed by atoms with Crippen LogP contribution in [0.25, 0.3) is 0 Å². The van der Waals surface area contributed by atoms with Crippen molar-refractivity contribution in [2.45, 2.75) is 44.8 Å². The van der Waals surface area contributed by atoms with E-state index in [1.165, 1.54) is 12.0 Å². The topological polar surface area (TPSA) is 58.4 Å². The molecule has 1 aromatic carbocycles. The second-order valence-electron chi connectivity index (χ2n) is 5.61. The molecule has 1 fully saturated rings. The van der Waals surface area contributed by atoms with E-state index in [2.05, 4.69) is 22.3 Å². The Morgan fingerprint density at radius 1 is 1.32 bits per heavy atom. The molecule has 2 rings (SSSR count). The summed E-state index contributed by atoms with van der Waals surface area (Å²) in [6, 6.07) is 10.4. The number of carbonyl (C=O) groups is 1. The standard InChI is InChI=1S/C16H25N3O.2ClH/c1-13(11-17)18-16(20)15-9-5-6-10-19(15)12-14-7-3-2-4-8-14;;/h2-4,7-8,13,15H,5-6,9-12,17H2,1H3,(H,18,20);2*1H/t13-,15?;;/m0../s1. The predicted molar refractivity (Wildman–Crippen MR) is 95.6 cm³/mol. The molecule has 0 aromatic heterocycles. The van der Waals surface area contributed by atoms with Crippen molar-refractivity contribution in [2.24, 2.45) is 5.73 Å². The van der Waals surface area contributed by atoms with E-state index in [1.807, 2.05) is 25.1 Å². The Morgan fingerprint density at radius 2 is 2.00 bits per heavy atom. The molecule has 0 spiro atoms. The summed E-state index contributed by atoms with van der Waals surface area (Å²) >= 11 is 0. The first-order valence-electron chi connectivity index (χ1n) is 7.49. The fourth-order valence-corrected chi connectivity index (χ4v) is 2.69. The van der Waals surface area contributed by atoms with Gasteiger partial charge in [-0.2, -0.15) is 0 Å². The third-order valence-corrected chi connectivity index (χ3v) is 3.89. The number of amides is 1. The molecule has 2 atom stereocenters. The van der Waals surface area contributed by atoms with E-state index in [0.29, 0.717) is 6.54 Å². The largest absolute Gasteiger partial charge is 0.351 e. The SMILES string of the molecule is C[C@@H](CN)NC(=O)C1CCCCN1Cc1ccccc1.Cl.Cl. The molecule has 1 amide bonds. The second-order valence-corrected chi connectivity index (χ2v) is 5.61. The highest BCUT2D eigenvalue weighted by molar-refractivity contribution is 5.85. The fourth-order valence-electron chi connectivity index (χ4n) is 2.69. The molecule has 3 N–H and O–H groups in total. The first-order valence-corrected chi connectivity index (χ1v) is 7.49. The third kappa shape index (κ3) is 6.13. The monoisotopic (exact) mass is 347 g/mol. The Bertz CT molecular complexity index is 431. The van der Waals surface area contributed by atoms with Crippen LogP contribution < -0.4 is 11.1 Å². The molecular weight excluding hydrogens is 321 g/mol. The van der Waals surface area contributed by atoms with Crippen LogP contribution in [-0.2, 0) is 11.3 Å². The highest BCUT2D eigenvalue weighted by Gasteiger charge is 2.28. The van der Waals surface area contributed by atoms with Gasteiger partial charge in [-0.05, 0) is 31.9 Å². The maximum absolute atomic E-state index is 12.4. The maximum atomic E-state index is 12.4. The van der Waals surface area contributed by atoms with Crippen molar-refractivity contribution in [3.05, 3.63) is 35.9 Å². The first kappa shape index (κ1) is 21.2. The van der Waals surface area contributed by atoms with Gasteiger partial charge in [-0.3, -0.25) is 9.69 Å². The summed E-state index contributed by atoms with van der Waals surface area (Å²) in [4.78, 5) is 14.6. The van der Waals surface area contributed by atoms with E-state index >= 15 is 0 Å². The van der Waals surface area contributed by atoms with Gasteiger partial charge in [0, 0.05) is 19.1 Å². The molecular formula is C16H27Cl2N3O. The number of nitrogens with one attached hydrogen (secondary N) is 1. The zero-order chi connectivity index (χ0) is 14.4. The van der Waals surface area contributed by atoms with E-state index in [0.717, 1.165) is 25.9 Å². The zero-order valence-corrected chi connectivity index (χ0v) is 14.7. The van der Waals surface area contributed by atoms with Crippen molar-refractivity contribution in [1.82, 2.24) is 10.2 Å². The zero-order valence-electron chi connectivity index (χ0n) is 13.0. The second kappa shape index (κ2) is 10.8. The molecule has 1 aliphatic rings. The lowest BCUT2D eigenvalue weighted by Gasteiger charge is -2.35. The first-order chi connectivity index (χ1) is 9.70. The van der Waals surface area contributed by atoms with Crippen molar-refractivity contribution in [3.63, 3.8) is 0 Å². The van der Waals surface area contributed by atoms with Crippen LogP contribution in [0.3, 0.4) is 0 Å². The summed E-state index contributed by atoms with van der Waals surface area (Å²) in [7, 11) is 0. The van der Waals surface area contributed by atoms with Crippen molar-refractivity contribution in [3.8, 4) is 0 Å². The Morgan fingerprint density at radius 3 is 2.64 bits per heavy atom. The molecule has 126 valence electrons. The Hall–Kier alpha value is -0.810.